The quantitative estimate of drug-likeness (QED) is 0.770. The van der Waals surface area contributed by atoms with E-state index in [9.17, 15) is 9.59 Å². The van der Waals surface area contributed by atoms with Crippen LogP contribution in [0.15, 0.2) is 16.5 Å². The Balaban J connectivity index is 1.81. The lowest BCUT2D eigenvalue weighted by Gasteiger charge is -2.10. The zero-order chi connectivity index (χ0) is 13.7. The van der Waals surface area contributed by atoms with Crippen molar-refractivity contribution in [1.29, 1.82) is 0 Å². The van der Waals surface area contributed by atoms with E-state index < -0.39 is 12.0 Å². The number of hydrogen-bond acceptors (Lipinski definition) is 5. The number of amides is 2. The van der Waals surface area contributed by atoms with Crippen LogP contribution >= 0.6 is 0 Å². The van der Waals surface area contributed by atoms with Crippen LogP contribution in [0.4, 0.5) is 0 Å². The second kappa shape index (κ2) is 6.35. The molecule has 0 saturated carbocycles. The van der Waals surface area contributed by atoms with Crippen LogP contribution in [0, 0.1) is 0 Å². The molecule has 0 aliphatic carbocycles. The van der Waals surface area contributed by atoms with Gasteiger partial charge in [-0.15, -0.1) is 0 Å². The molecule has 1 unspecified atom stereocenters. The molecule has 2 amide bonds. The lowest BCUT2D eigenvalue weighted by atomic mass is 10.2. The second-order valence-corrected chi connectivity index (χ2v) is 4.14. The summed E-state index contributed by atoms with van der Waals surface area (Å²) in [6.07, 6.45) is 1.03. The molecule has 1 saturated heterocycles. The third-order valence-corrected chi connectivity index (χ3v) is 2.69. The van der Waals surface area contributed by atoms with Gasteiger partial charge in [-0.05, 0) is 25.0 Å². The Morgan fingerprint density at radius 2 is 2.26 bits per heavy atom. The van der Waals surface area contributed by atoms with Crippen molar-refractivity contribution in [2.45, 2.75) is 25.6 Å². The summed E-state index contributed by atoms with van der Waals surface area (Å²) in [5, 5.41) is 0. The maximum absolute atomic E-state index is 11.7. The fourth-order valence-corrected chi connectivity index (χ4v) is 1.76. The monoisotopic (exact) mass is 268 g/mol. The van der Waals surface area contributed by atoms with Crippen molar-refractivity contribution in [3.8, 4) is 0 Å². The van der Waals surface area contributed by atoms with E-state index >= 15 is 0 Å². The van der Waals surface area contributed by atoms with E-state index in [-0.39, 0.29) is 18.3 Å². The van der Waals surface area contributed by atoms with E-state index in [4.69, 9.17) is 13.9 Å². The minimum absolute atomic E-state index is 0.111. The van der Waals surface area contributed by atoms with Crippen LogP contribution in [0.1, 0.15) is 29.2 Å². The molecule has 0 radical (unpaired) electrons. The SMILES string of the molecule is COCc1ccc(C(=O)NNC(=O)C2CCCO2)o1. The van der Waals surface area contributed by atoms with Gasteiger partial charge in [-0.2, -0.15) is 0 Å². The number of ether oxygens (including phenoxy) is 2. The van der Waals surface area contributed by atoms with Gasteiger partial charge in [0.05, 0.1) is 0 Å². The van der Waals surface area contributed by atoms with Crippen molar-refractivity contribution < 1.29 is 23.5 Å². The fraction of sp³-hybridized carbons (Fsp3) is 0.500. The van der Waals surface area contributed by atoms with Gasteiger partial charge >= 0.3 is 5.91 Å². The predicted octanol–water partition coefficient (Wildman–Crippen LogP) is 0.366. The second-order valence-electron chi connectivity index (χ2n) is 4.14. The van der Waals surface area contributed by atoms with Crippen molar-refractivity contribution in [1.82, 2.24) is 10.9 Å². The number of furan rings is 1. The van der Waals surface area contributed by atoms with E-state index in [1.807, 2.05) is 0 Å². The Bertz CT molecular complexity index is 451. The van der Waals surface area contributed by atoms with E-state index in [0.717, 1.165) is 6.42 Å². The first-order valence-corrected chi connectivity index (χ1v) is 6.00. The van der Waals surface area contributed by atoms with Gasteiger partial charge in [-0.3, -0.25) is 20.4 Å². The Morgan fingerprint density at radius 3 is 2.95 bits per heavy atom. The number of nitrogens with one attached hydrogen (secondary N) is 2. The molecule has 0 bridgehead atoms. The molecule has 1 aromatic heterocycles. The van der Waals surface area contributed by atoms with Crippen molar-refractivity contribution in [2.75, 3.05) is 13.7 Å². The van der Waals surface area contributed by atoms with Gasteiger partial charge < -0.3 is 13.9 Å². The van der Waals surface area contributed by atoms with Crippen LogP contribution in [0.5, 0.6) is 0 Å². The minimum atomic E-state index is -0.520. The molecule has 1 aliphatic rings. The molecule has 1 aromatic rings. The molecule has 2 N–H and O–H groups in total. The average molecular weight is 268 g/mol. The lowest BCUT2D eigenvalue weighted by Crippen LogP contribution is -2.46. The Hall–Kier alpha value is -1.86. The largest absolute Gasteiger partial charge is 0.453 e. The number of rotatable bonds is 4. The molecule has 1 fully saturated rings. The van der Waals surface area contributed by atoms with Crippen LogP contribution in [-0.4, -0.2) is 31.6 Å². The number of hydrazine groups is 1. The summed E-state index contributed by atoms with van der Waals surface area (Å²) < 4.78 is 15.3. The zero-order valence-corrected chi connectivity index (χ0v) is 10.6. The number of hydrogen-bond donors (Lipinski definition) is 2. The molecular formula is C12H16N2O5. The highest BCUT2D eigenvalue weighted by atomic mass is 16.5. The maximum atomic E-state index is 11.7. The molecule has 7 nitrogen and oxygen atoms in total. The van der Waals surface area contributed by atoms with Crippen LogP contribution < -0.4 is 10.9 Å². The third kappa shape index (κ3) is 3.55. The maximum Gasteiger partial charge on any atom is 0.305 e. The minimum Gasteiger partial charge on any atom is -0.453 e. The Labute approximate surface area is 110 Å². The van der Waals surface area contributed by atoms with E-state index in [1.54, 1.807) is 6.07 Å². The van der Waals surface area contributed by atoms with Gasteiger partial charge in [0.25, 0.3) is 5.91 Å². The summed E-state index contributed by atoms with van der Waals surface area (Å²) in [5.74, 6) is -0.221. The van der Waals surface area contributed by atoms with Crippen molar-refractivity contribution in [2.24, 2.45) is 0 Å². The summed E-state index contributed by atoms with van der Waals surface area (Å²) >= 11 is 0. The summed E-state index contributed by atoms with van der Waals surface area (Å²) in [4.78, 5) is 23.3. The molecule has 19 heavy (non-hydrogen) atoms. The summed E-state index contributed by atoms with van der Waals surface area (Å²) in [6.45, 7) is 0.861. The van der Waals surface area contributed by atoms with Crippen molar-refractivity contribution in [3.63, 3.8) is 0 Å². The normalized spacial score (nSPS) is 18.3. The third-order valence-electron chi connectivity index (χ3n) is 2.69. The molecule has 1 aliphatic heterocycles. The molecule has 2 rings (SSSR count). The van der Waals surface area contributed by atoms with Crippen LogP contribution in [0.25, 0.3) is 0 Å². The van der Waals surface area contributed by atoms with Crippen LogP contribution in [-0.2, 0) is 20.9 Å². The predicted molar refractivity (Wildman–Crippen MR) is 64.0 cm³/mol. The molecular weight excluding hydrogens is 252 g/mol. The topological polar surface area (TPSA) is 89.8 Å². The number of carbonyl (C=O) groups is 2. The average Bonchev–Trinajstić information content (AvgIpc) is 3.06. The van der Waals surface area contributed by atoms with Gasteiger partial charge in [0.2, 0.25) is 0 Å². The summed E-state index contributed by atoms with van der Waals surface area (Å²) in [6, 6.07) is 3.15. The van der Waals surface area contributed by atoms with Gasteiger partial charge in [-0.25, -0.2) is 0 Å². The van der Waals surface area contributed by atoms with Gasteiger partial charge in [-0.1, -0.05) is 0 Å². The fourth-order valence-electron chi connectivity index (χ4n) is 1.76. The highest BCUT2D eigenvalue weighted by molar-refractivity contribution is 5.93. The molecule has 104 valence electrons. The summed E-state index contributed by atoms with van der Waals surface area (Å²) in [5.41, 5.74) is 4.59. The van der Waals surface area contributed by atoms with Crippen molar-refractivity contribution in [3.05, 3.63) is 23.7 Å². The van der Waals surface area contributed by atoms with Gasteiger partial charge in [0.1, 0.15) is 18.5 Å². The highest BCUT2D eigenvalue weighted by Gasteiger charge is 2.24. The van der Waals surface area contributed by atoms with Crippen molar-refractivity contribution >= 4 is 11.8 Å². The first-order chi connectivity index (χ1) is 9.20. The van der Waals surface area contributed by atoms with E-state index in [2.05, 4.69) is 10.9 Å². The van der Waals surface area contributed by atoms with Crippen LogP contribution in [0.2, 0.25) is 0 Å². The summed E-state index contributed by atoms with van der Waals surface area (Å²) in [7, 11) is 1.53. The Morgan fingerprint density at radius 1 is 1.42 bits per heavy atom. The van der Waals surface area contributed by atoms with Gasteiger partial charge in [0.15, 0.2) is 5.76 Å². The van der Waals surface area contributed by atoms with Gasteiger partial charge in [0, 0.05) is 13.7 Å². The molecule has 0 spiro atoms. The van der Waals surface area contributed by atoms with E-state index in [1.165, 1.54) is 13.2 Å². The lowest BCUT2D eigenvalue weighted by molar-refractivity contribution is -0.130. The highest BCUT2D eigenvalue weighted by Crippen LogP contribution is 2.11. The smallest absolute Gasteiger partial charge is 0.305 e. The first kappa shape index (κ1) is 13.6. The number of carbonyl (C=O) groups excluding carboxylic acids is 2. The standard InChI is InChI=1S/C12H16N2O5/c1-17-7-8-4-5-10(19-8)12(16)14-13-11(15)9-3-2-6-18-9/h4-5,9H,2-3,6-7H2,1H3,(H,13,15)(H,14,16). The number of methoxy groups -OCH3 is 1. The van der Waals surface area contributed by atoms with Crippen LogP contribution in [0.3, 0.4) is 0 Å². The molecule has 0 aromatic carbocycles. The Kier molecular flexibility index (Phi) is 4.53. The van der Waals surface area contributed by atoms with E-state index in [0.29, 0.717) is 18.8 Å². The molecule has 1 atom stereocenters. The first-order valence-electron chi connectivity index (χ1n) is 6.00. The zero-order valence-electron chi connectivity index (χ0n) is 10.6. The molecule has 2 heterocycles. The molecule has 7 heteroatoms.